The lowest BCUT2D eigenvalue weighted by molar-refractivity contribution is 0.946. The smallest absolute Gasteiger partial charge is 0.0376 e. The lowest BCUT2D eigenvalue weighted by Gasteiger charge is -1.94. The summed E-state index contributed by atoms with van der Waals surface area (Å²) in [6, 6.07) is 0. The van der Waals surface area contributed by atoms with Crippen molar-refractivity contribution in [3.8, 4) is 0 Å². The van der Waals surface area contributed by atoms with E-state index >= 15 is 0 Å². The van der Waals surface area contributed by atoms with Crippen LogP contribution in [0.2, 0.25) is 0 Å². The predicted octanol–water partition coefficient (Wildman–Crippen LogP) is 4.41. The first-order chi connectivity index (χ1) is 6.88. The van der Waals surface area contributed by atoms with E-state index in [0.29, 0.717) is 0 Å². The molecule has 0 aliphatic heterocycles. The SMILES string of the molecule is C=C/C=C1/CCCC1=NC.CC.CC. The van der Waals surface area contributed by atoms with Crippen LogP contribution in [0.15, 0.2) is 29.3 Å². The second-order valence-corrected chi connectivity index (χ2v) is 2.45. The van der Waals surface area contributed by atoms with Crippen molar-refractivity contribution in [1.29, 1.82) is 0 Å². The van der Waals surface area contributed by atoms with Gasteiger partial charge in [-0.1, -0.05) is 46.4 Å². The topological polar surface area (TPSA) is 12.4 Å². The van der Waals surface area contributed by atoms with Gasteiger partial charge in [0.25, 0.3) is 0 Å². The maximum absolute atomic E-state index is 4.19. The molecule has 0 N–H and O–H groups in total. The Morgan fingerprint density at radius 2 is 1.71 bits per heavy atom. The molecule has 1 aliphatic carbocycles. The summed E-state index contributed by atoms with van der Waals surface area (Å²) >= 11 is 0. The van der Waals surface area contributed by atoms with E-state index < -0.39 is 0 Å². The van der Waals surface area contributed by atoms with Crippen molar-refractivity contribution in [3.63, 3.8) is 0 Å². The average Bonchev–Trinajstić information content (AvgIpc) is 2.72. The summed E-state index contributed by atoms with van der Waals surface area (Å²) in [6.07, 6.45) is 7.49. The van der Waals surface area contributed by atoms with Gasteiger partial charge in [-0.2, -0.15) is 0 Å². The van der Waals surface area contributed by atoms with E-state index in [9.17, 15) is 0 Å². The first-order valence-corrected chi connectivity index (χ1v) is 5.66. The summed E-state index contributed by atoms with van der Waals surface area (Å²) in [5.41, 5.74) is 2.64. The predicted molar refractivity (Wildman–Crippen MR) is 68.2 cm³/mol. The molecule has 0 bridgehead atoms. The van der Waals surface area contributed by atoms with Crippen LogP contribution in [0.4, 0.5) is 0 Å². The van der Waals surface area contributed by atoms with E-state index in [4.69, 9.17) is 0 Å². The molecule has 14 heavy (non-hydrogen) atoms. The molecule has 1 saturated carbocycles. The Bertz CT molecular complexity index is 187. The molecule has 0 radical (unpaired) electrons. The van der Waals surface area contributed by atoms with E-state index in [-0.39, 0.29) is 0 Å². The number of rotatable bonds is 1. The minimum absolute atomic E-state index is 1.15. The minimum atomic E-state index is 1.15. The molecule has 1 aliphatic rings. The van der Waals surface area contributed by atoms with Crippen LogP contribution in [0, 0.1) is 0 Å². The molecule has 0 saturated heterocycles. The first kappa shape index (κ1) is 15.6. The van der Waals surface area contributed by atoms with Crippen molar-refractivity contribution in [2.75, 3.05) is 7.05 Å². The Kier molecular flexibility index (Phi) is 13.6. The molecule has 0 heterocycles. The Morgan fingerprint density at radius 3 is 2.14 bits per heavy atom. The van der Waals surface area contributed by atoms with E-state index in [2.05, 4.69) is 17.6 Å². The van der Waals surface area contributed by atoms with Gasteiger partial charge in [0.15, 0.2) is 0 Å². The zero-order valence-corrected chi connectivity index (χ0v) is 10.4. The molecular weight excluding hydrogens is 170 g/mol. The average molecular weight is 195 g/mol. The van der Waals surface area contributed by atoms with Gasteiger partial charge in [-0.15, -0.1) is 0 Å². The Balaban J connectivity index is 0. The fourth-order valence-electron chi connectivity index (χ4n) is 1.33. The zero-order chi connectivity index (χ0) is 11.4. The highest BCUT2D eigenvalue weighted by molar-refractivity contribution is 6.02. The second kappa shape index (κ2) is 12.2. The molecule has 0 aromatic carbocycles. The largest absolute Gasteiger partial charge is 0.293 e. The van der Waals surface area contributed by atoms with Crippen molar-refractivity contribution >= 4 is 5.71 Å². The van der Waals surface area contributed by atoms with Crippen molar-refractivity contribution in [2.24, 2.45) is 4.99 Å². The highest BCUT2D eigenvalue weighted by Gasteiger charge is 2.12. The van der Waals surface area contributed by atoms with Gasteiger partial charge in [-0.05, 0) is 24.8 Å². The highest BCUT2D eigenvalue weighted by atomic mass is 14.7. The van der Waals surface area contributed by atoms with E-state index in [1.165, 1.54) is 24.1 Å². The summed E-state index contributed by atoms with van der Waals surface area (Å²) in [7, 11) is 1.86. The van der Waals surface area contributed by atoms with E-state index in [1.54, 1.807) is 0 Å². The van der Waals surface area contributed by atoms with E-state index in [1.807, 2.05) is 40.8 Å². The van der Waals surface area contributed by atoms with E-state index in [0.717, 1.165) is 6.42 Å². The number of nitrogens with zero attached hydrogens (tertiary/aromatic N) is 1. The molecule has 0 unspecified atom stereocenters. The van der Waals surface area contributed by atoms with Crippen LogP contribution in [0.5, 0.6) is 0 Å². The number of aliphatic imine (C=N–C) groups is 1. The lowest BCUT2D eigenvalue weighted by atomic mass is 10.2. The van der Waals surface area contributed by atoms with Crippen molar-refractivity contribution in [2.45, 2.75) is 47.0 Å². The molecule has 1 nitrogen and oxygen atoms in total. The molecule has 0 amide bonds. The molecule has 82 valence electrons. The normalized spacial score (nSPS) is 19.5. The van der Waals surface area contributed by atoms with Crippen LogP contribution < -0.4 is 0 Å². The number of hydrogen-bond acceptors (Lipinski definition) is 1. The summed E-state index contributed by atoms with van der Waals surface area (Å²) < 4.78 is 0. The van der Waals surface area contributed by atoms with Crippen LogP contribution >= 0.6 is 0 Å². The third kappa shape index (κ3) is 5.74. The second-order valence-electron chi connectivity index (χ2n) is 2.45. The van der Waals surface area contributed by atoms with Crippen LogP contribution in [-0.2, 0) is 0 Å². The molecule has 0 aromatic rings. The molecule has 0 spiro atoms. The number of allylic oxidation sites excluding steroid dienone is 3. The van der Waals surface area contributed by atoms with Gasteiger partial charge in [0.05, 0.1) is 0 Å². The zero-order valence-electron chi connectivity index (χ0n) is 10.4. The Hall–Kier alpha value is -0.850. The molecule has 1 fully saturated rings. The molecule has 0 aromatic heterocycles. The standard InChI is InChI=1S/C9H13N.2C2H6/c1-3-5-8-6-4-7-9(8)10-2;2*1-2/h3,5H,1,4,6-7H2,2H3;2*1-2H3/b8-5-,10-9?;;. The Morgan fingerprint density at radius 1 is 1.14 bits per heavy atom. The summed E-state index contributed by atoms with van der Waals surface area (Å²) in [4.78, 5) is 4.19. The van der Waals surface area contributed by atoms with Crippen molar-refractivity contribution in [3.05, 3.63) is 24.3 Å². The first-order valence-electron chi connectivity index (χ1n) is 5.66. The summed E-state index contributed by atoms with van der Waals surface area (Å²) in [5, 5.41) is 0. The maximum Gasteiger partial charge on any atom is 0.0376 e. The third-order valence-corrected chi connectivity index (χ3v) is 1.82. The van der Waals surface area contributed by atoms with Gasteiger partial charge < -0.3 is 0 Å². The van der Waals surface area contributed by atoms with Gasteiger partial charge in [-0.25, -0.2) is 0 Å². The molecular formula is C13H25N. The van der Waals surface area contributed by atoms with Crippen LogP contribution in [-0.4, -0.2) is 12.8 Å². The van der Waals surface area contributed by atoms with Crippen LogP contribution in [0.25, 0.3) is 0 Å². The summed E-state index contributed by atoms with van der Waals surface area (Å²) in [6.45, 7) is 11.7. The monoisotopic (exact) mass is 195 g/mol. The summed E-state index contributed by atoms with van der Waals surface area (Å²) in [5.74, 6) is 0. The van der Waals surface area contributed by atoms with Crippen molar-refractivity contribution in [1.82, 2.24) is 0 Å². The third-order valence-electron chi connectivity index (χ3n) is 1.82. The highest BCUT2D eigenvalue weighted by Crippen LogP contribution is 2.21. The van der Waals surface area contributed by atoms with Gasteiger partial charge in [0, 0.05) is 12.8 Å². The van der Waals surface area contributed by atoms with Gasteiger partial charge >= 0.3 is 0 Å². The molecule has 1 rings (SSSR count). The fourth-order valence-corrected chi connectivity index (χ4v) is 1.33. The van der Waals surface area contributed by atoms with Crippen molar-refractivity contribution < 1.29 is 0 Å². The van der Waals surface area contributed by atoms with Crippen LogP contribution in [0.1, 0.15) is 47.0 Å². The van der Waals surface area contributed by atoms with Gasteiger partial charge in [0.1, 0.15) is 0 Å². The number of hydrogen-bond donors (Lipinski definition) is 0. The quantitative estimate of drug-likeness (QED) is 0.588. The Labute approximate surface area is 89.6 Å². The minimum Gasteiger partial charge on any atom is -0.293 e. The van der Waals surface area contributed by atoms with Gasteiger partial charge in [-0.3, -0.25) is 4.99 Å². The van der Waals surface area contributed by atoms with Gasteiger partial charge in [0.2, 0.25) is 0 Å². The fraction of sp³-hybridized carbons (Fsp3) is 0.615. The molecule has 0 atom stereocenters. The lowest BCUT2D eigenvalue weighted by Crippen LogP contribution is -1.91. The molecule has 1 heteroatoms. The van der Waals surface area contributed by atoms with Crippen LogP contribution in [0.3, 0.4) is 0 Å². The maximum atomic E-state index is 4.19.